The molecule has 0 aliphatic carbocycles. The van der Waals surface area contributed by atoms with E-state index in [1.54, 1.807) is 6.20 Å². The molecular formula is C9H9FeN3. The van der Waals surface area contributed by atoms with E-state index in [0.29, 0.717) is 0 Å². The zero-order chi connectivity index (χ0) is 8.39. The molecule has 13 heavy (non-hydrogen) atoms. The standard InChI is InChI=1S/C9H9N3.Fe/c1-7-2-4-8(5-3-7)9-6-10-12-11-9;/h2-6H,1H3,(H,10,11,12);. The summed E-state index contributed by atoms with van der Waals surface area (Å²) in [7, 11) is 0. The molecule has 0 atom stereocenters. The van der Waals surface area contributed by atoms with Crippen molar-refractivity contribution in [2.45, 2.75) is 6.92 Å². The topological polar surface area (TPSA) is 41.6 Å². The zero-order valence-corrected chi connectivity index (χ0v) is 8.24. The van der Waals surface area contributed by atoms with Crippen molar-refractivity contribution in [2.24, 2.45) is 0 Å². The Bertz CT molecular complexity index is 353. The molecule has 0 aliphatic rings. The van der Waals surface area contributed by atoms with E-state index >= 15 is 0 Å². The van der Waals surface area contributed by atoms with E-state index in [4.69, 9.17) is 0 Å². The number of H-pyrrole nitrogens is 1. The fourth-order valence-electron chi connectivity index (χ4n) is 1.07. The van der Waals surface area contributed by atoms with E-state index in [1.165, 1.54) is 5.56 Å². The molecule has 0 saturated heterocycles. The monoisotopic (exact) mass is 215 g/mol. The Hall–Kier alpha value is -1.12. The first-order chi connectivity index (χ1) is 5.86. The van der Waals surface area contributed by atoms with Gasteiger partial charge in [0.1, 0.15) is 5.69 Å². The second-order valence-electron chi connectivity index (χ2n) is 2.72. The minimum atomic E-state index is 0. The van der Waals surface area contributed by atoms with Crippen LogP contribution in [0.25, 0.3) is 11.3 Å². The predicted octanol–water partition coefficient (Wildman–Crippen LogP) is 1.78. The third kappa shape index (κ3) is 2.17. The van der Waals surface area contributed by atoms with Crippen molar-refractivity contribution in [1.82, 2.24) is 15.4 Å². The van der Waals surface area contributed by atoms with Crippen LogP contribution >= 0.6 is 0 Å². The maximum absolute atomic E-state index is 3.91. The SMILES string of the molecule is Cc1ccc(-c2c[nH]nn2)cc1.[Fe]. The third-order valence-electron chi connectivity index (χ3n) is 1.76. The second-order valence-corrected chi connectivity index (χ2v) is 2.72. The van der Waals surface area contributed by atoms with E-state index < -0.39 is 0 Å². The minimum absolute atomic E-state index is 0. The predicted molar refractivity (Wildman–Crippen MR) is 46.6 cm³/mol. The molecule has 2 aromatic rings. The van der Waals surface area contributed by atoms with Crippen molar-refractivity contribution in [3.05, 3.63) is 36.0 Å². The molecule has 0 amide bonds. The molecule has 0 unspecified atom stereocenters. The molecule has 0 saturated carbocycles. The number of nitrogens with one attached hydrogen (secondary N) is 1. The van der Waals surface area contributed by atoms with Crippen LogP contribution in [0.5, 0.6) is 0 Å². The summed E-state index contributed by atoms with van der Waals surface area (Å²) in [4.78, 5) is 0. The van der Waals surface area contributed by atoms with Crippen LogP contribution in [0.3, 0.4) is 0 Å². The van der Waals surface area contributed by atoms with E-state index in [1.807, 2.05) is 12.1 Å². The maximum atomic E-state index is 3.91. The van der Waals surface area contributed by atoms with Gasteiger partial charge in [-0.2, -0.15) is 0 Å². The molecule has 1 N–H and O–H groups in total. The zero-order valence-electron chi connectivity index (χ0n) is 7.13. The summed E-state index contributed by atoms with van der Waals surface area (Å²) in [6.45, 7) is 2.06. The van der Waals surface area contributed by atoms with Gasteiger partial charge in [-0.1, -0.05) is 35.0 Å². The van der Waals surface area contributed by atoms with Gasteiger partial charge in [0.15, 0.2) is 0 Å². The third-order valence-corrected chi connectivity index (χ3v) is 1.76. The van der Waals surface area contributed by atoms with Crippen LogP contribution in [-0.2, 0) is 17.1 Å². The fourth-order valence-corrected chi connectivity index (χ4v) is 1.07. The number of hydrogen-bond acceptors (Lipinski definition) is 2. The van der Waals surface area contributed by atoms with E-state index in [9.17, 15) is 0 Å². The largest absolute Gasteiger partial charge is 0.265 e. The van der Waals surface area contributed by atoms with Crippen LogP contribution in [0.2, 0.25) is 0 Å². The van der Waals surface area contributed by atoms with Crippen LogP contribution in [0.1, 0.15) is 5.56 Å². The van der Waals surface area contributed by atoms with Gasteiger partial charge in [0.2, 0.25) is 0 Å². The molecule has 3 nitrogen and oxygen atoms in total. The van der Waals surface area contributed by atoms with Crippen molar-refractivity contribution >= 4 is 0 Å². The second kappa shape index (κ2) is 4.21. The number of nitrogens with zero attached hydrogens (tertiary/aromatic N) is 2. The number of benzene rings is 1. The van der Waals surface area contributed by atoms with Gasteiger partial charge < -0.3 is 0 Å². The summed E-state index contributed by atoms with van der Waals surface area (Å²) in [6, 6.07) is 8.19. The van der Waals surface area contributed by atoms with E-state index in [2.05, 4.69) is 34.5 Å². The van der Waals surface area contributed by atoms with Crippen LogP contribution in [0, 0.1) is 6.92 Å². The fraction of sp³-hybridized carbons (Fsp3) is 0.111. The summed E-state index contributed by atoms with van der Waals surface area (Å²) in [5.41, 5.74) is 3.23. The van der Waals surface area contributed by atoms with Gasteiger partial charge in [-0.05, 0) is 6.92 Å². The van der Waals surface area contributed by atoms with Crippen LogP contribution in [0.15, 0.2) is 30.5 Å². The van der Waals surface area contributed by atoms with Gasteiger partial charge in [-0.25, -0.2) is 0 Å². The van der Waals surface area contributed by atoms with Crippen molar-refractivity contribution in [2.75, 3.05) is 0 Å². The Kier molecular flexibility index (Phi) is 3.23. The maximum Gasteiger partial charge on any atom is 0.112 e. The first kappa shape index (κ1) is 9.96. The van der Waals surface area contributed by atoms with Gasteiger partial charge in [0, 0.05) is 28.8 Å². The first-order valence-electron chi connectivity index (χ1n) is 3.80. The molecule has 1 aromatic carbocycles. The molecule has 1 heterocycles. The first-order valence-corrected chi connectivity index (χ1v) is 3.80. The summed E-state index contributed by atoms with van der Waals surface area (Å²) in [5.74, 6) is 0. The van der Waals surface area contributed by atoms with E-state index in [0.717, 1.165) is 11.3 Å². The molecule has 4 heteroatoms. The number of aryl methyl sites for hydroxylation is 1. The normalized spacial score (nSPS) is 9.31. The Balaban J connectivity index is 0.000000845. The molecule has 0 bridgehead atoms. The van der Waals surface area contributed by atoms with Gasteiger partial charge in [0.05, 0.1) is 0 Å². The van der Waals surface area contributed by atoms with Crippen molar-refractivity contribution < 1.29 is 17.1 Å². The Morgan fingerprint density at radius 2 is 1.85 bits per heavy atom. The minimum Gasteiger partial charge on any atom is -0.265 e. The number of aromatic amines is 1. The van der Waals surface area contributed by atoms with Crippen molar-refractivity contribution in [3.63, 3.8) is 0 Å². The molecule has 2 rings (SSSR count). The smallest absolute Gasteiger partial charge is 0.112 e. The average Bonchev–Trinajstić information content (AvgIpc) is 2.58. The molecule has 0 aliphatic heterocycles. The van der Waals surface area contributed by atoms with Crippen molar-refractivity contribution in [3.8, 4) is 11.3 Å². The Morgan fingerprint density at radius 3 is 2.38 bits per heavy atom. The van der Waals surface area contributed by atoms with Crippen molar-refractivity contribution in [1.29, 1.82) is 0 Å². The van der Waals surface area contributed by atoms with Crippen LogP contribution in [0.4, 0.5) is 0 Å². The van der Waals surface area contributed by atoms with E-state index in [-0.39, 0.29) is 17.1 Å². The number of rotatable bonds is 1. The quantitative estimate of drug-likeness (QED) is 0.736. The van der Waals surface area contributed by atoms with Gasteiger partial charge in [-0.3, -0.25) is 5.10 Å². The number of aromatic nitrogens is 3. The number of hydrogen-bond donors (Lipinski definition) is 1. The van der Waals surface area contributed by atoms with Crippen LogP contribution in [-0.4, -0.2) is 15.4 Å². The molecule has 0 fully saturated rings. The summed E-state index contributed by atoms with van der Waals surface area (Å²) >= 11 is 0. The summed E-state index contributed by atoms with van der Waals surface area (Å²) in [5, 5.41) is 10.2. The van der Waals surface area contributed by atoms with Gasteiger partial charge >= 0.3 is 0 Å². The summed E-state index contributed by atoms with van der Waals surface area (Å²) < 4.78 is 0. The molecular weight excluding hydrogens is 206 g/mol. The Morgan fingerprint density at radius 1 is 1.15 bits per heavy atom. The molecule has 1 aromatic heterocycles. The molecule has 68 valence electrons. The molecule has 0 spiro atoms. The average molecular weight is 215 g/mol. The Labute approximate surface area is 87.0 Å². The van der Waals surface area contributed by atoms with Gasteiger partial charge in [0.25, 0.3) is 0 Å². The molecule has 0 radical (unpaired) electrons. The van der Waals surface area contributed by atoms with Crippen LogP contribution < -0.4 is 0 Å². The summed E-state index contributed by atoms with van der Waals surface area (Å²) in [6.07, 6.45) is 1.78. The van der Waals surface area contributed by atoms with Gasteiger partial charge in [-0.15, -0.1) is 5.10 Å².